The first-order valence-electron chi connectivity index (χ1n) is 5.84. The lowest BCUT2D eigenvalue weighted by Crippen LogP contribution is -2.30. The van der Waals surface area contributed by atoms with Crippen LogP contribution in [-0.4, -0.2) is 21.8 Å². The van der Waals surface area contributed by atoms with Gasteiger partial charge in [-0.05, 0) is 31.0 Å². The van der Waals surface area contributed by atoms with Crippen molar-refractivity contribution in [2.45, 2.75) is 25.1 Å². The van der Waals surface area contributed by atoms with Gasteiger partial charge in [-0.25, -0.2) is 0 Å². The zero-order valence-electron chi connectivity index (χ0n) is 9.97. The van der Waals surface area contributed by atoms with Gasteiger partial charge in [-0.1, -0.05) is 15.9 Å². The average Bonchev–Trinajstić information content (AvgIpc) is 2.33. The summed E-state index contributed by atoms with van der Waals surface area (Å²) in [6.07, 6.45) is -3.11. The predicted octanol–water partition coefficient (Wildman–Crippen LogP) is 3.79. The van der Waals surface area contributed by atoms with Crippen LogP contribution in [-0.2, 0) is 17.0 Å². The van der Waals surface area contributed by atoms with Gasteiger partial charge in [-0.15, -0.1) is 0 Å². The highest BCUT2D eigenvalue weighted by Gasteiger charge is 2.34. The SMILES string of the molecule is O=S1CCC(Nc2ccc(Br)cc2C(F)(F)F)CC1. The second-order valence-corrected chi connectivity index (χ2v) is 7.07. The number of anilines is 1. The van der Waals surface area contributed by atoms with Crippen LogP contribution in [0.5, 0.6) is 0 Å². The van der Waals surface area contributed by atoms with Gasteiger partial charge in [-0.2, -0.15) is 13.2 Å². The van der Waals surface area contributed by atoms with Crippen LogP contribution < -0.4 is 5.32 Å². The summed E-state index contributed by atoms with van der Waals surface area (Å²) in [5.41, 5.74) is -0.582. The summed E-state index contributed by atoms with van der Waals surface area (Å²) in [7, 11) is -0.815. The maximum atomic E-state index is 12.9. The van der Waals surface area contributed by atoms with Crippen LogP contribution in [0.2, 0.25) is 0 Å². The quantitative estimate of drug-likeness (QED) is 0.874. The summed E-state index contributed by atoms with van der Waals surface area (Å²) in [6, 6.07) is 4.04. The molecule has 19 heavy (non-hydrogen) atoms. The summed E-state index contributed by atoms with van der Waals surface area (Å²) in [4.78, 5) is 0. The lowest BCUT2D eigenvalue weighted by Gasteiger charge is -2.25. The molecule has 0 radical (unpaired) electrons. The van der Waals surface area contributed by atoms with E-state index in [4.69, 9.17) is 0 Å². The van der Waals surface area contributed by atoms with Gasteiger partial charge in [0.05, 0.1) is 5.56 Å². The minimum atomic E-state index is -4.39. The predicted molar refractivity (Wildman–Crippen MR) is 73.7 cm³/mol. The summed E-state index contributed by atoms with van der Waals surface area (Å²) < 4.78 is 50.4. The molecule has 2 rings (SSSR count). The molecule has 1 heterocycles. The van der Waals surface area contributed by atoms with Gasteiger partial charge in [0.15, 0.2) is 0 Å². The van der Waals surface area contributed by atoms with E-state index in [1.54, 1.807) is 6.07 Å². The molecular weight excluding hydrogens is 343 g/mol. The molecule has 2 nitrogen and oxygen atoms in total. The summed E-state index contributed by atoms with van der Waals surface area (Å²) >= 11 is 3.05. The molecule has 1 aliphatic rings. The molecule has 1 saturated heterocycles. The van der Waals surface area contributed by atoms with Gasteiger partial charge in [0.1, 0.15) is 0 Å². The fourth-order valence-electron chi connectivity index (χ4n) is 2.03. The topological polar surface area (TPSA) is 29.1 Å². The normalized spacial score (nSPS) is 24.2. The van der Waals surface area contributed by atoms with Gasteiger partial charge in [-0.3, -0.25) is 4.21 Å². The fraction of sp³-hybridized carbons (Fsp3) is 0.500. The summed E-state index contributed by atoms with van der Waals surface area (Å²) in [5.74, 6) is 1.10. The van der Waals surface area contributed by atoms with Crippen molar-refractivity contribution in [2.75, 3.05) is 16.8 Å². The molecule has 1 aromatic carbocycles. The van der Waals surface area contributed by atoms with Crippen LogP contribution in [0.4, 0.5) is 18.9 Å². The average molecular weight is 356 g/mol. The van der Waals surface area contributed by atoms with Crippen LogP contribution in [0.3, 0.4) is 0 Å². The largest absolute Gasteiger partial charge is 0.418 e. The standard InChI is InChI=1S/C12H13BrF3NOS/c13-8-1-2-11(10(7-8)12(14,15)16)17-9-3-5-19(18)6-4-9/h1-2,7,9,17H,3-6H2. The Labute approximate surface area is 120 Å². The third-order valence-electron chi connectivity index (χ3n) is 3.03. The molecule has 7 heteroatoms. The molecule has 1 aromatic rings. The van der Waals surface area contributed by atoms with E-state index in [2.05, 4.69) is 21.2 Å². The summed E-state index contributed by atoms with van der Waals surface area (Å²) in [6.45, 7) is 0. The first kappa shape index (κ1) is 14.8. The van der Waals surface area contributed by atoms with Crippen molar-refractivity contribution in [1.29, 1.82) is 0 Å². The molecule has 0 amide bonds. The number of hydrogen-bond donors (Lipinski definition) is 1. The Morgan fingerprint density at radius 2 is 1.89 bits per heavy atom. The number of hydrogen-bond acceptors (Lipinski definition) is 2. The van der Waals surface area contributed by atoms with Gasteiger partial charge in [0, 0.05) is 38.5 Å². The van der Waals surface area contributed by atoms with Crippen molar-refractivity contribution in [1.82, 2.24) is 0 Å². The lowest BCUT2D eigenvalue weighted by atomic mass is 10.1. The highest BCUT2D eigenvalue weighted by molar-refractivity contribution is 9.10. The van der Waals surface area contributed by atoms with Gasteiger partial charge in [0.25, 0.3) is 0 Å². The van der Waals surface area contributed by atoms with Crippen molar-refractivity contribution in [3.05, 3.63) is 28.2 Å². The van der Waals surface area contributed by atoms with Crippen molar-refractivity contribution in [3.63, 3.8) is 0 Å². The Balaban J connectivity index is 2.18. The second-order valence-electron chi connectivity index (χ2n) is 4.45. The molecule has 106 valence electrons. The van der Waals surface area contributed by atoms with Gasteiger partial charge < -0.3 is 5.32 Å². The Morgan fingerprint density at radius 3 is 2.47 bits per heavy atom. The molecule has 0 atom stereocenters. The molecule has 0 aromatic heterocycles. The highest BCUT2D eigenvalue weighted by Crippen LogP contribution is 2.37. The zero-order chi connectivity index (χ0) is 14.0. The maximum absolute atomic E-state index is 12.9. The zero-order valence-corrected chi connectivity index (χ0v) is 12.4. The highest BCUT2D eigenvalue weighted by atomic mass is 79.9. The Hall–Kier alpha value is -0.560. The van der Waals surface area contributed by atoms with E-state index in [0.29, 0.717) is 28.8 Å². The molecule has 0 bridgehead atoms. The second kappa shape index (κ2) is 5.83. The minimum Gasteiger partial charge on any atom is -0.382 e. The van der Waals surface area contributed by atoms with E-state index in [1.165, 1.54) is 6.07 Å². The molecule has 1 aliphatic heterocycles. The maximum Gasteiger partial charge on any atom is 0.418 e. The van der Waals surface area contributed by atoms with Crippen molar-refractivity contribution in [3.8, 4) is 0 Å². The Morgan fingerprint density at radius 1 is 1.26 bits per heavy atom. The number of halogens is 4. The van der Waals surface area contributed by atoms with E-state index in [9.17, 15) is 17.4 Å². The third kappa shape index (κ3) is 3.95. The summed E-state index contributed by atoms with van der Waals surface area (Å²) in [5, 5.41) is 2.93. The first-order chi connectivity index (χ1) is 8.86. The van der Waals surface area contributed by atoms with Crippen molar-refractivity contribution < 1.29 is 17.4 Å². The molecule has 0 spiro atoms. The molecule has 1 fully saturated rings. The molecular formula is C12H13BrF3NOS. The fourth-order valence-corrected chi connectivity index (χ4v) is 3.69. The van der Waals surface area contributed by atoms with Crippen LogP contribution in [0.15, 0.2) is 22.7 Å². The van der Waals surface area contributed by atoms with E-state index < -0.39 is 22.5 Å². The van der Waals surface area contributed by atoms with E-state index in [0.717, 1.165) is 6.07 Å². The number of nitrogens with one attached hydrogen (secondary N) is 1. The van der Waals surface area contributed by atoms with Crippen LogP contribution in [0.1, 0.15) is 18.4 Å². The number of rotatable bonds is 2. The lowest BCUT2D eigenvalue weighted by molar-refractivity contribution is -0.137. The monoisotopic (exact) mass is 355 g/mol. The smallest absolute Gasteiger partial charge is 0.382 e. The van der Waals surface area contributed by atoms with Gasteiger partial charge >= 0.3 is 6.18 Å². The van der Waals surface area contributed by atoms with Gasteiger partial charge in [0.2, 0.25) is 0 Å². The first-order valence-corrected chi connectivity index (χ1v) is 8.12. The molecule has 0 saturated carbocycles. The van der Waals surface area contributed by atoms with Crippen molar-refractivity contribution in [2.24, 2.45) is 0 Å². The molecule has 0 unspecified atom stereocenters. The Kier molecular flexibility index (Phi) is 4.55. The van der Waals surface area contributed by atoms with Crippen molar-refractivity contribution >= 4 is 32.4 Å². The van der Waals surface area contributed by atoms with Crippen LogP contribution in [0, 0.1) is 0 Å². The van der Waals surface area contributed by atoms with Crippen LogP contribution >= 0.6 is 15.9 Å². The van der Waals surface area contributed by atoms with E-state index in [-0.39, 0.29) is 11.7 Å². The van der Waals surface area contributed by atoms with E-state index >= 15 is 0 Å². The molecule has 0 aliphatic carbocycles. The number of alkyl halides is 3. The Bertz CT molecular complexity index is 482. The molecule has 1 N–H and O–H groups in total. The van der Waals surface area contributed by atoms with Crippen LogP contribution in [0.25, 0.3) is 0 Å². The van der Waals surface area contributed by atoms with E-state index in [1.807, 2.05) is 0 Å². The minimum absolute atomic E-state index is 0.0417. The third-order valence-corrected chi connectivity index (χ3v) is 4.91. The number of benzene rings is 1.